The maximum Gasteiger partial charge on any atom is 0.0793 e. The Morgan fingerprint density at radius 3 is 2.50 bits per heavy atom. The van der Waals surface area contributed by atoms with E-state index in [1.165, 1.54) is 36.8 Å². The molecule has 1 N–H and O–H groups in total. The zero-order chi connectivity index (χ0) is 15.4. The Bertz CT molecular complexity index is 468. The SMILES string of the molecule is CC1CCN(C[C@H](O)CN2CCCc3ccccc3C2)CC1. The number of piperidine rings is 1. The Kier molecular flexibility index (Phi) is 5.51. The summed E-state index contributed by atoms with van der Waals surface area (Å²) in [4.78, 5) is 4.87. The molecular formula is C19H30N2O. The molecule has 2 heterocycles. The molecule has 0 bridgehead atoms. The van der Waals surface area contributed by atoms with Crippen molar-refractivity contribution in [3.8, 4) is 0 Å². The molecule has 0 unspecified atom stereocenters. The van der Waals surface area contributed by atoms with Crippen LogP contribution < -0.4 is 0 Å². The maximum absolute atomic E-state index is 10.5. The molecule has 2 aliphatic heterocycles. The van der Waals surface area contributed by atoms with Gasteiger partial charge in [-0.2, -0.15) is 0 Å². The van der Waals surface area contributed by atoms with Gasteiger partial charge in [0.1, 0.15) is 0 Å². The predicted molar refractivity (Wildman–Crippen MR) is 90.9 cm³/mol. The van der Waals surface area contributed by atoms with Gasteiger partial charge in [-0.25, -0.2) is 0 Å². The van der Waals surface area contributed by atoms with Gasteiger partial charge >= 0.3 is 0 Å². The lowest BCUT2D eigenvalue weighted by molar-refractivity contribution is 0.0595. The molecule has 2 aliphatic rings. The van der Waals surface area contributed by atoms with Gasteiger partial charge in [0.2, 0.25) is 0 Å². The topological polar surface area (TPSA) is 26.7 Å². The number of aryl methyl sites for hydroxylation is 1. The first kappa shape index (κ1) is 16.0. The van der Waals surface area contributed by atoms with E-state index in [0.29, 0.717) is 0 Å². The second-order valence-corrected chi connectivity index (χ2v) is 7.24. The van der Waals surface area contributed by atoms with Crippen molar-refractivity contribution in [1.29, 1.82) is 0 Å². The van der Waals surface area contributed by atoms with E-state index < -0.39 is 0 Å². The number of aliphatic hydroxyl groups excluding tert-OH is 1. The molecule has 122 valence electrons. The molecule has 3 rings (SSSR count). The van der Waals surface area contributed by atoms with Crippen molar-refractivity contribution < 1.29 is 5.11 Å². The zero-order valence-corrected chi connectivity index (χ0v) is 13.9. The quantitative estimate of drug-likeness (QED) is 0.926. The van der Waals surface area contributed by atoms with E-state index in [2.05, 4.69) is 41.0 Å². The first-order valence-corrected chi connectivity index (χ1v) is 8.90. The lowest BCUT2D eigenvalue weighted by atomic mass is 9.99. The number of aliphatic hydroxyl groups is 1. The molecule has 0 amide bonds. The van der Waals surface area contributed by atoms with Gasteiger partial charge in [-0.15, -0.1) is 0 Å². The zero-order valence-electron chi connectivity index (χ0n) is 13.9. The molecule has 0 aromatic heterocycles. The summed E-state index contributed by atoms with van der Waals surface area (Å²) in [6.45, 7) is 8.38. The Morgan fingerprint density at radius 1 is 1.05 bits per heavy atom. The normalized spacial score (nSPS) is 23.0. The van der Waals surface area contributed by atoms with Gasteiger partial charge < -0.3 is 10.0 Å². The van der Waals surface area contributed by atoms with E-state index in [-0.39, 0.29) is 6.10 Å². The number of fused-ring (bicyclic) bond motifs is 1. The molecule has 1 atom stereocenters. The molecule has 1 saturated heterocycles. The smallest absolute Gasteiger partial charge is 0.0793 e. The minimum Gasteiger partial charge on any atom is -0.390 e. The number of benzene rings is 1. The van der Waals surface area contributed by atoms with Crippen LogP contribution >= 0.6 is 0 Å². The van der Waals surface area contributed by atoms with Gasteiger partial charge in [-0.1, -0.05) is 31.2 Å². The fourth-order valence-electron chi connectivity index (χ4n) is 3.82. The monoisotopic (exact) mass is 302 g/mol. The average molecular weight is 302 g/mol. The molecule has 1 fully saturated rings. The lowest BCUT2D eigenvalue weighted by Gasteiger charge is -2.33. The predicted octanol–water partition coefficient (Wildman–Crippen LogP) is 2.53. The highest BCUT2D eigenvalue weighted by molar-refractivity contribution is 5.28. The maximum atomic E-state index is 10.5. The van der Waals surface area contributed by atoms with Crippen LogP contribution in [0.4, 0.5) is 0 Å². The highest BCUT2D eigenvalue weighted by Crippen LogP contribution is 2.19. The number of rotatable bonds is 4. The van der Waals surface area contributed by atoms with Gasteiger partial charge in [-0.05, 0) is 62.4 Å². The van der Waals surface area contributed by atoms with Crippen LogP contribution in [0.3, 0.4) is 0 Å². The van der Waals surface area contributed by atoms with E-state index >= 15 is 0 Å². The molecule has 1 aromatic carbocycles. The summed E-state index contributed by atoms with van der Waals surface area (Å²) in [5.74, 6) is 0.857. The van der Waals surface area contributed by atoms with Crippen LogP contribution in [-0.4, -0.2) is 53.7 Å². The van der Waals surface area contributed by atoms with Gasteiger partial charge in [0.25, 0.3) is 0 Å². The van der Waals surface area contributed by atoms with Crippen LogP contribution in [0.2, 0.25) is 0 Å². The average Bonchev–Trinajstić information content (AvgIpc) is 2.71. The first-order chi connectivity index (χ1) is 10.7. The van der Waals surface area contributed by atoms with Crippen LogP contribution in [0.25, 0.3) is 0 Å². The number of nitrogens with zero attached hydrogens (tertiary/aromatic N) is 2. The van der Waals surface area contributed by atoms with E-state index in [1.54, 1.807) is 0 Å². The molecule has 1 aromatic rings. The van der Waals surface area contributed by atoms with Gasteiger partial charge in [0.15, 0.2) is 0 Å². The summed E-state index contributed by atoms with van der Waals surface area (Å²) in [5.41, 5.74) is 2.93. The second kappa shape index (κ2) is 7.58. The summed E-state index contributed by atoms with van der Waals surface area (Å²) in [6, 6.07) is 8.77. The summed E-state index contributed by atoms with van der Waals surface area (Å²) in [7, 11) is 0. The summed E-state index contributed by atoms with van der Waals surface area (Å²) in [5, 5.41) is 10.5. The first-order valence-electron chi connectivity index (χ1n) is 8.90. The molecule has 3 heteroatoms. The standard InChI is InChI=1S/C19H30N2O/c1-16-8-11-20(12-9-16)14-19(22)15-21-10-4-7-17-5-2-3-6-18(17)13-21/h2-3,5-6,16,19,22H,4,7-15H2,1H3/t19-/m0/s1. The van der Waals surface area contributed by atoms with Crippen molar-refractivity contribution >= 4 is 0 Å². The van der Waals surface area contributed by atoms with Gasteiger partial charge in [0.05, 0.1) is 6.10 Å². The van der Waals surface area contributed by atoms with Crippen LogP contribution in [0.15, 0.2) is 24.3 Å². The van der Waals surface area contributed by atoms with Crippen LogP contribution in [0.1, 0.15) is 37.3 Å². The molecule has 22 heavy (non-hydrogen) atoms. The van der Waals surface area contributed by atoms with Crippen molar-refractivity contribution in [2.24, 2.45) is 5.92 Å². The third-order valence-corrected chi connectivity index (χ3v) is 5.25. The third-order valence-electron chi connectivity index (χ3n) is 5.25. The molecule has 0 radical (unpaired) electrons. The van der Waals surface area contributed by atoms with Crippen molar-refractivity contribution in [3.63, 3.8) is 0 Å². The minimum atomic E-state index is -0.223. The van der Waals surface area contributed by atoms with Crippen LogP contribution in [0, 0.1) is 5.92 Å². The van der Waals surface area contributed by atoms with Gasteiger partial charge in [-0.3, -0.25) is 4.90 Å². The van der Waals surface area contributed by atoms with E-state index in [0.717, 1.165) is 45.2 Å². The van der Waals surface area contributed by atoms with Crippen LogP contribution in [0.5, 0.6) is 0 Å². The van der Waals surface area contributed by atoms with Crippen molar-refractivity contribution in [2.45, 2.75) is 45.3 Å². The number of β-amino-alcohol motifs (C(OH)–C–C–N with tert-alkyl or cyclic N) is 1. The number of hydrogen-bond donors (Lipinski definition) is 1. The summed E-state index contributed by atoms with van der Waals surface area (Å²) >= 11 is 0. The minimum absolute atomic E-state index is 0.223. The van der Waals surface area contributed by atoms with E-state index in [4.69, 9.17) is 0 Å². The molecular weight excluding hydrogens is 272 g/mol. The van der Waals surface area contributed by atoms with E-state index in [1.807, 2.05) is 0 Å². The molecule has 3 nitrogen and oxygen atoms in total. The Labute approximate surface area is 134 Å². The molecule has 0 spiro atoms. The van der Waals surface area contributed by atoms with E-state index in [9.17, 15) is 5.11 Å². The Balaban J connectivity index is 1.50. The Morgan fingerprint density at radius 2 is 1.73 bits per heavy atom. The fourth-order valence-corrected chi connectivity index (χ4v) is 3.82. The number of likely N-dealkylation sites (tertiary alicyclic amines) is 1. The van der Waals surface area contributed by atoms with Crippen LogP contribution in [-0.2, 0) is 13.0 Å². The largest absolute Gasteiger partial charge is 0.390 e. The molecule has 0 aliphatic carbocycles. The third kappa shape index (κ3) is 4.31. The molecule has 0 saturated carbocycles. The summed E-state index contributed by atoms with van der Waals surface area (Å²) in [6.07, 6.45) is 4.71. The van der Waals surface area contributed by atoms with Crippen molar-refractivity contribution in [2.75, 3.05) is 32.7 Å². The fraction of sp³-hybridized carbons (Fsp3) is 0.684. The highest BCUT2D eigenvalue weighted by Gasteiger charge is 2.21. The highest BCUT2D eigenvalue weighted by atomic mass is 16.3. The summed E-state index contributed by atoms with van der Waals surface area (Å²) < 4.78 is 0. The second-order valence-electron chi connectivity index (χ2n) is 7.24. The number of hydrogen-bond acceptors (Lipinski definition) is 3. The Hall–Kier alpha value is -0.900. The lowest BCUT2D eigenvalue weighted by Crippen LogP contribution is -2.43. The van der Waals surface area contributed by atoms with Crippen molar-refractivity contribution in [1.82, 2.24) is 9.80 Å². The van der Waals surface area contributed by atoms with Crippen molar-refractivity contribution in [3.05, 3.63) is 35.4 Å². The van der Waals surface area contributed by atoms with Gasteiger partial charge in [0, 0.05) is 19.6 Å².